The summed E-state index contributed by atoms with van der Waals surface area (Å²) < 4.78 is 38.0. The minimum absolute atomic E-state index is 0.101. The van der Waals surface area contributed by atoms with E-state index in [1.54, 1.807) is 18.2 Å². The van der Waals surface area contributed by atoms with Gasteiger partial charge in [0.2, 0.25) is 0 Å². The number of halogens is 2. The summed E-state index contributed by atoms with van der Waals surface area (Å²) in [5.74, 6) is 6.56. The SMILES string of the molecule is CCCCN(N)C(=O)c1ccc2c(c1)cc(COc1ccccc1)n2Cc1cccc(OC(F)F)c1. The number of hydrogen-bond donors (Lipinski definition) is 1. The van der Waals surface area contributed by atoms with E-state index in [4.69, 9.17) is 10.6 Å². The Morgan fingerprint density at radius 3 is 2.53 bits per heavy atom. The van der Waals surface area contributed by atoms with Crippen LogP contribution in [0, 0.1) is 0 Å². The first-order chi connectivity index (χ1) is 17.4. The highest BCUT2D eigenvalue weighted by atomic mass is 19.3. The van der Waals surface area contributed by atoms with Gasteiger partial charge in [-0.15, -0.1) is 0 Å². The van der Waals surface area contributed by atoms with Crippen molar-refractivity contribution in [1.82, 2.24) is 9.58 Å². The van der Waals surface area contributed by atoms with Gasteiger partial charge in [-0.3, -0.25) is 9.80 Å². The van der Waals surface area contributed by atoms with Crippen LogP contribution in [0.1, 0.15) is 41.4 Å². The number of fused-ring (bicyclic) bond motifs is 1. The summed E-state index contributed by atoms with van der Waals surface area (Å²) in [5.41, 5.74) is 3.05. The van der Waals surface area contributed by atoms with Crippen LogP contribution in [0.4, 0.5) is 8.78 Å². The first-order valence-electron chi connectivity index (χ1n) is 11.8. The molecule has 0 bridgehead atoms. The van der Waals surface area contributed by atoms with E-state index in [9.17, 15) is 13.6 Å². The lowest BCUT2D eigenvalue weighted by Crippen LogP contribution is -2.38. The number of hydrazine groups is 1. The zero-order valence-electron chi connectivity index (χ0n) is 20.1. The van der Waals surface area contributed by atoms with Crippen LogP contribution in [0.25, 0.3) is 10.9 Å². The smallest absolute Gasteiger partial charge is 0.387 e. The summed E-state index contributed by atoms with van der Waals surface area (Å²) in [6.07, 6.45) is 1.77. The van der Waals surface area contributed by atoms with Gasteiger partial charge in [-0.1, -0.05) is 43.7 Å². The molecule has 8 heteroatoms. The average molecular weight is 494 g/mol. The largest absolute Gasteiger partial charge is 0.487 e. The number of para-hydroxylation sites is 1. The van der Waals surface area contributed by atoms with Gasteiger partial charge in [0, 0.05) is 29.6 Å². The second-order valence-corrected chi connectivity index (χ2v) is 8.48. The second kappa shape index (κ2) is 11.7. The third-order valence-electron chi connectivity index (χ3n) is 5.84. The highest BCUT2D eigenvalue weighted by Crippen LogP contribution is 2.26. The van der Waals surface area contributed by atoms with Gasteiger partial charge in [0.1, 0.15) is 18.1 Å². The van der Waals surface area contributed by atoms with E-state index in [0.717, 1.165) is 40.8 Å². The lowest BCUT2D eigenvalue weighted by atomic mass is 10.1. The number of rotatable bonds is 11. The van der Waals surface area contributed by atoms with E-state index >= 15 is 0 Å². The summed E-state index contributed by atoms with van der Waals surface area (Å²) in [5, 5.41) is 2.10. The van der Waals surface area contributed by atoms with Crippen molar-refractivity contribution >= 4 is 16.8 Å². The molecule has 0 aliphatic rings. The molecule has 4 rings (SSSR count). The lowest BCUT2D eigenvalue weighted by molar-refractivity contribution is -0.0498. The molecule has 0 spiro atoms. The molecule has 1 amide bonds. The van der Waals surface area contributed by atoms with E-state index < -0.39 is 6.61 Å². The molecule has 0 radical (unpaired) electrons. The third kappa shape index (κ3) is 6.20. The van der Waals surface area contributed by atoms with Gasteiger partial charge in [-0.25, -0.2) is 5.84 Å². The van der Waals surface area contributed by atoms with Gasteiger partial charge in [0.25, 0.3) is 5.91 Å². The first kappa shape index (κ1) is 25.2. The molecule has 3 aromatic carbocycles. The predicted molar refractivity (Wildman–Crippen MR) is 135 cm³/mol. The number of unbranched alkanes of at least 4 members (excludes halogenated alkanes) is 1. The Morgan fingerprint density at radius 1 is 1.00 bits per heavy atom. The van der Waals surface area contributed by atoms with Gasteiger partial charge in [0.15, 0.2) is 0 Å². The van der Waals surface area contributed by atoms with Gasteiger partial charge in [0.05, 0.1) is 5.69 Å². The Balaban J connectivity index is 1.67. The van der Waals surface area contributed by atoms with Crippen LogP contribution in [0.15, 0.2) is 78.9 Å². The normalized spacial score (nSPS) is 11.1. The molecule has 2 N–H and O–H groups in total. The fourth-order valence-electron chi connectivity index (χ4n) is 4.04. The molecule has 188 valence electrons. The predicted octanol–water partition coefficient (Wildman–Crippen LogP) is 5.99. The molecule has 0 unspecified atom stereocenters. The van der Waals surface area contributed by atoms with Crippen molar-refractivity contribution in [2.45, 2.75) is 39.5 Å². The van der Waals surface area contributed by atoms with Crippen molar-refractivity contribution in [2.24, 2.45) is 5.84 Å². The fraction of sp³-hybridized carbons (Fsp3) is 0.250. The van der Waals surface area contributed by atoms with E-state index in [1.165, 1.54) is 11.1 Å². The van der Waals surface area contributed by atoms with Crippen molar-refractivity contribution in [3.05, 3.63) is 95.7 Å². The van der Waals surface area contributed by atoms with E-state index in [2.05, 4.69) is 4.74 Å². The molecule has 0 atom stereocenters. The molecule has 1 heterocycles. The minimum atomic E-state index is -2.89. The molecule has 1 aromatic heterocycles. The summed E-state index contributed by atoms with van der Waals surface area (Å²) in [6, 6.07) is 23.5. The number of alkyl halides is 2. The molecular formula is C28H29F2N3O3. The van der Waals surface area contributed by atoms with Crippen LogP contribution in [0.5, 0.6) is 11.5 Å². The number of amides is 1. The Kier molecular flexibility index (Phi) is 8.17. The van der Waals surface area contributed by atoms with Gasteiger partial charge in [-0.05, 0) is 60.5 Å². The molecule has 36 heavy (non-hydrogen) atoms. The molecular weight excluding hydrogens is 464 g/mol. The Morgan fingerprint density at radius 2 is 1.78 bits per heavy atom. The van der Waals surface area contributed by atoms with Crippen molar-refractivity contribution < 1.29 is 23.0 Å². The summed E-state index contributed by atoms with van der Waals surface area (Å²) in [7, 11) is 0. The zero-order chi connectivity index (χ0) is 25.5. The second-order valence-electron chi connectivity index (χ2n) is 8.48. The molecule has 0 aliphatic heterocycles. The summed E-state index contributed by atoms with van der Waals surface area (Å²) >= 11 is 0. The van der Waals surface area contributed by atoms with Gasteiger partial charge in [-0.2, -0.15) is 8.78 Å². The Labute approximate surface area is 208 Å². The van der Waals surface area contributed by atoms with Crippen LogP contribution in [0.3, 0.4) is 0 Å². The van der Waals surface area contributed by atoms with E-state index in [-0.39, 0.29) is 18.3 Å². The highest BCUT2D eigenvalue weighted by Gasteiger charge is 2.16. The average Bonchev–Trinajstić information content (AvgIpc) is 3.22. The lowest BCUT2D eigenvalue weighted by Gasteiger charge is -2.16. The number of hydrogen-bond acceptors (Lipinski definition) is 4. The zero-order valence-corrected chi connectivity index (χ0v) is 20.1. The van der Waals surface area contributed by atoms with Crippen molar-refractivity contribution in [1.29, 1.82) is 0 Å². The van der Waals surface area contributed by atoms with Crippen LogP contribution in [-0.4, -0.2) is 28.6 Å². The minimum Gasteiger partial charge on any atom is -0.487 e. The summed E-state index contributed by atoms with van der Waals surface area (Å²) in [6.45, 7) is 0.333. The van der Waals surface area contributed by atoms with Crippen LogP contribution in [-0.2, 0) is 13.2 Å². The number of ether oxygens (including phenoxy) is 2. The maximum Gasteiger partial charge on any atom is 0.387 e. The first-order valence-corrected chi connectivity index (χ1v) is 11.8. The number of nitrogens with zero attached hydrogens (tertiary/aromatic N) is 2. The molecule has 0 aliphatic carbocycles. The number of carbonyl (C=O) groups excluding carboxylic acids is 1. The monoisotopic (exact) mass is 493 g/mol. The van der Waals surface area contributed by atoms with Gasteiger partial charge < -0.3 is 14.0 Å². The standard InChI is InChI=1S/C28H29F2N3O3/c1-2-3-14-33(31)27(34)21-12-13-26-22(16-21)17-23(19-35-24-9-5-4-6-10-24)32(26)18-20-8-7-11-25(15-20)36-28(29)30/h4-13,15-17,28H,2-3,14,18-19,31H2,1H3. The molecule has 6 nitrogen and oxygen atoms in total. The molecule has 0 fully saturated rings. The summed E-state index contributed by atoms with van der Waals surface area (Å²) in [4.78, 5) is 12.8. The van der Waals surface area contributed by atoms with Crippen molar-refractivity contribution in [2.75, 3.05) is 6.54 Å². The van der Waals surface area contributed by atoms with E-state index in [0.29, 0.717) is 18.7 Å². The van der Waals surface area contributed by atoms with E-state index in [1.807, 2.05) is 66.1 Å². The number of nitrogens with two attached hydrogens (primary N) is 1. The number of carbonyl (C=O) groups is 1. The number of benzene rings is 3. The highest BCUT2D eigenvalue weighted by molar-refractivity contribution is 5.98. The number of aromatic nitrogens is 1. The van der Waals surface area contributed by atoms with Crippen molar-refractivity contribution in [3.63, 3.8) is 0 Å². The van der Waals surface area contributed by atoms with Crippen molar-refractivity contribution in [3.8, 4) is 11.5 Å². The van der Waals surface area contributed by atoms with Crippen LogP contribution < -0.4 is 15.3 Å². The molecule has 0 saturated carbocycles. The van der Waals surface area contributed by atoms with Crippen LogP contribution in [0.2, 0.25) is 0 Å². The van der Waals surface area contributed by atoms with Gasteiger partial charge >= 0.3 is 6.61 Å². The quantitative estimate of drug-likeness (QED) is 0.158. The maximum atomic E-state index is 12.8. The maximum absolute atomic E-state index is 12.8. The topological polar surface area (TPSA) is 69.7 Å². The third-order valence-corrected chi connectivity index (χ3v) is 5.84. The fourth-order valence-corrected chi connectivity index (χ4v) is 4.04. The Hall–Kier alpha value is -3.91. The molecule has 0 saturated heterocycles. The van der Waals surface area contributed by atoms with Crippen LogP contribution >= 0.6 is 0 Å². The molecule has 4 aromatic rings. The Bertz CT molecular complexity index is 1310.